The molecule has 19 heavy (non-hydrogen) atoms. The summed E-state index contributed by atoms with van der Waals surface area (Å²) in [4.78, 5) is 0. The van der Waals surface area contributed by atoms with Crippen molar-refractivity contribution in [1.29, 1.82) is 0 Å². The second-order valence-corrected chi connectivity index (χ2v) is 5.11. The van der Waals surface area contributed by atoms with Crippen LogP contribution in [-0.2, 0) is 6.54 Å². The topological polar surface area (TPSA) is 43.8 Å². The molecular weight excluding hydrogens is 248 g/mol. The smallest absolute Gasteiger partial charge is 0.135 e. The minimum absolute atomic E-state index is 0.292. The molecule has 0 atom stereocenters. The molecule has 3 nitrogen and oxygen atoms in total. The average Bonchev–Trinajstić information content (AvgIpc) is 3.13. The molecule has 0 radical (unpaired) electrons. The Bertz CT molecular complexity index is 630. The van der Waals surface area contributed by atoms with Crippen LogP contribution in [0, 0.1) is 24.5 Å². The first kappa shape index (κ1) is 12.1. The highest BCUT2D eigenvalue weighted by Gasteiger charge is 2.25. The normalized spacial score (nSPS) is 14.9. The maximum atomic E-state index is 13.8. The van der Waals surface area contributed by atoms with E-state index in [-0.39, 0.29) is 0 Å². The van der Waals surface area contributed by atoms with Gasteiger partial charge in [0, 0.05) is 23.7 Å². The van der Waals surface area contributed by atoms with E-state index in [1.165, 1.54) is 25.0 Å². The summed E-state index contributed by atoms with van der Waals surface area (Å²) in [5.74, 6) is -0.0124. The van der Waals surface area contributed by atoms with E-state index in [2.05, 4.69) is 5.10 Å². The minimum Gasteiger partial charge on any atom is -0.384 e. The molecule has 1 aromatic heterocycles. The summed E-state index contributed by atoms with van der Waals surface area (Å²) >= 11 is 0. The van der Waals surface area contributed by atoms with Gasteiger partial charge in [0.25, 0.3) is 0 Å². The van der Waals surface area contributed by atoms with Gasteiger partial charge in [0.1, 0.15) is 23.1 Å². The minimum atomic E-state index is -0.612. The zero-order valence-corrected chi connectivity index (χ0v) is 10.7. The molecule has 2 aromatic rings. The van der Waals surface area contributed by atoms with E-state index in [1.54, 1.807) is 4.68 Å². The molecule has 0 saturated heterocycles. The number of rotatable bonds is 3. The monoisotopic (exact) mass is 263 g/mol. The van der Waals surface area contributed by atoms with Gasteiger partial charge >= 0.3 is 0 Å². The van der Waals surface area contributed by atoms with Gasteiger partial charge in [-0.3, -0.25) is 0 Å². The molecule has 0 aliphatic heterocycles. The highest BCUT2D eigenvalue weighted by molar-refractivity contribution is 5.68. The third-order valence-corrected chi connectivity index (χ3v) is 3.55. The number of halogens is 2. The largest absolute Gasteiger partial charge is 0.384 e. The van der Waals surface area contributed by atoms with Crippen LogP contribution in [0.2, 0.25) is 0 Å². The van der Waals surface area contributed by atoms with Crippen molar-refractivity contribution >= 4 is 5.82 Å². The van der Waals surface area contributed by atoms with Crippen molar-refractivity contribution in [3.8, 4) is 11.3 Å². The highest BCUT2D eigenvalue weighted by Crippen LogP contribution is 2.34. The lowest BCUT2D eigenvalue weighted by atomic mass is 10.1. The Balaban J connectivity index is 2.03. The van der Waals surface area contributed by atoms with E-state index in [0.29, 0.717) is 23.0 Å². The molecule has 0 bridgehead atoms. The van der Waals surface area contributed by atoms with Crippen molar-refractivity contribution < 1.29 is 8.78 Å². The van der Waals surface area contributed by atoms with Gasteiger partial charge in [-0.05, 0) is 37.8 Å². The number of hydrogen-bond acceptors (Lipinski definition) is 2. The molecule has 0 spiro atoms. The first-order valence-electron chi connectivity index (χ1n) is 6.34. The summed E-state index contributed by atoms with van der Waals surface area (Å²) in [6.07, 6.45) is 2.39. The fraction of sp³-hybridized carbons (Fsp3) is 0.357. The molecule has 1 aromatic carbocycles. The highest BCUT2D eigenvalue weighted by atomic mass is 19.1. The zero-order chi connectivity index (χ0) is 13.6. The van der Waals surface area contributed by atoms with E-state index in [1.807, 2.05) is 6.92 Å². The summed E-state index contributed by atoms with van der Waals surface area (Å²) < 4.78 is 28.5. The number of hydrogen-bond donors (Lipinski definition) is 1. The van der Waals surface area contributed by atoms with Gasteiger partial charge in [-0.2, -0.15) is 5.10 Å². The molecule has 1 aliphatic rings. The Morgan fingerprint density at radius 3 is 2.74 bits per heavy atom. The fourth-order valence-corrected chi connectivity index (χ4v) is 2.19. The van der Waals surface area contributed by atoms with Crippen LogP contribution in [0.15, 0.2) is 18.2 Å². The van der Waals surface area contributed by atoms with E-state index in [4.69, 9.17) is 5.73 Å². The van der Waals surface area contributed by atoms with Crippen molar-refractivity contribution in [3.63, 3.8) is 0 Å². The molecule has 1 fully saturated rings. The second kappa shape index (κ2) is 4.33. The number of nitrogen functional groups attached to an aromatic ring is 1. The van der Waals surface area contributed by atoms with Gasteiger partial charge in [-0.25, -0.2) is 13.5 Å². The number of aromatic nitrogens is 2. The summed E-state index contributed by atoms with van der Waals surface area (Å²) in [6.45, 7) is 2.58. The Kier molecular flexibility index (Phi) is 2.77. The van der Waals surface area contributed by atoms with E-state index in [9.17, 15) is 8.78 Å². The lowest BCUT2D eigenvalue weighted by molar-refractivity contribution is 0.569. The van der Waals surface area contributed by atoms with Crippen molar-refractivity contribution in [2.45, 2.75) is 26.3 Å². The maximum Gasteiger partial charge on any atom is 0.135 e. The molecule has 3 rings (SSSR count). The predicted molar refractivity (Wildman–Crippen MR) is 69.5 cm³/mol. The molecular formula is C14H15F2N3. The van der Waals surface area contributed by atoms with Gasteiger partial charge in [0.15, 0.2) is 0 Å². The van der Waals surface area contributed by atoms with Gasteiger partial charge < -0.3 is 5.73 Å². The van der Waals surface area contributed by atoms with Crippen LogP contribution >= 0.6 is 0 Å². The summed E-state index contributed by atoms with van der Waals surface area (Å²) in [7, 11) is 0. The first-order valence-corrected chi connectivity index (χ1v) is 6.34. The standard InChI is InChI=1S/C14H15F2N3/c1-8-13(11-5-4-10(15)6-12(11)16)18-19(14(8)17)7-9-2-3-9/h4-6,9H,2-3,7,17H2,1H3. The summed E-state index contributed by atoms with van der Waals surface area (Å²) in [5, 5.41) is 4.38. The lowest BCUT2D eigenvalue weighted by Crippen LogP contribution is -2.06. The Morgan fingerprint density at radius 2 is 2.11 bits per heavy atom. The van der Waals surface area contributed by atoms with Crippen molar-refractivity contribution in [1.82, 2.24) is 9.78 Å². The van der Waals surface area contributed by atoms with Gasteiger partial charge in [0.05, 0.1) is 0 Å². The lowest BCUT2D eigenvalue weighted by Gasteiger charge is -2.01. The summed E-state index contributed by atoms with van der Waals surface area (Å²) in [6, 6.07) is 3.50. The second-order valence-electron chi connectivity index (χ2n) is 5.11. The van der Waals surface area contributed by atoms with Crippen LogP contribution in [0.4, 0.5) is 14.6 Å². The van der Waals surface area contributed by atoms with Crippen LogP contribution in [0.1, 0.15) is 18.4 Å². The number of nitrogens with two attached hydrogens (primary N) is 1. The Morgan fingerprint density at radius 1 is 1.37 bits per heavy atom. The third kappa shape index (κ3) is 2.20. The van der Waals surface area contributed by atoms with Crippen molar-refractivity contribution in [3.05, 3.63) is 35.4 Å². The number of nitrogens with zero attached hydrogens (tertiary/aromatic N) is 2. The molecule has 5 heteroatoms. The van der Waals surface area contributed by atoms with Crippen molar-refractivity contribution in [2.75, 3.05) is 5.73 Å². The van der Waals surface area contributed by atoms with Crippen LogP contribution in [0.3, 0.4) is 0 Å². The molecule has 1 saturated carbocycles. The summed E-state index contributed by atoms with van der Waals surface area (Å²) in [5.41, 5.74) is 7.53. The number of benzene rings is 1. The fourth-order valence-electron chi connectivity index (χ4n) is 2.19. The van der Waals surface area contributed by atoms with Crippen LogP contribution in [-0.4, -0.2) is 9.78 Å². The molecule has 1 aliphatic carbocycles. The average molecular weight is 263 g/mol. The number of anilines is 1. The van der Waals surface area contributed by atoms with Gasteiger partial charge in [0.2, 0.25) is 0 Å². The zero-order valence-electron chi connectivity index (χ0n) is 10.7. The van der Waals surface area contributed by atoms with E-state index in [0.717, 1.165) is 18.2 Å². The molecule has 2 N–H and O–H groups in total. The molecule has 1 heterocycles. The third-order valence-electron chi connectivity index (χ3n) is 3.55. The Hall–Kier alpha value is -1.91. The Labute approximate surface area is 110 Å². The quantitative estimate of drug-likeness (QED) is 0.924. The predicted octanol–water partition coefficient (Wildman–Crippen LogP) is 3.13. The van der Waals surface area contributed by atoms with Crippen LogP contribution < -0.4 is 5.73 Å². The first-order chi connectivity index (χ1) is 9.06. The van der Waals surface area contributed by atoms with E-state index >= 15 is 0 Å². The molecule has 0 unspecified atom stereocenters. The van der Waals surface area contributed by atoms with Crippen LogP contribution in [0.25, 0.3) is 11.3 Å². The SMILES string of the molecule is Cc1c(-c2ccc(F)cc2F)nn(CC2CC2)c1N. The molecule has 100 valence electrons. The molecule has 0 amide bonds. The van der Waals surface area contributed by atoms with Gasteiger partial charge in [-0.15, -0.1) is 0 Å². The maximum absolute atomic E-state index is 13.8. The van der Waals surface area contributed by atoms with Crippen molar-refractivity contribution in [2.24, 2.45) is 5.92 Å². The van der Waals surface area contributed by atoms with Gasteiger partial charge in [-0.1, -0.05) is 0 Å². The van der Waals surface area contributed by atoms with E-state index < -0.39 is 11.6 Å². The van der Waals surface area contributed by atoms with Crippen LogP contribution in [0.5, 0.6) is 0 Å².